The van der Waals surface area contributed by atoms with Crippen LogP contribution in [0, 0.1) is 0 Å². The Labute approximate surface area is 103 Å². The number of rotatable bonds is 4. The molecular weight excluding hydrogens is 240 g/mol. The van der Waals surface area contributed by atoms with Crippen molar-refractivity contribution in [1.82, 2.24) is 19.9 Å². The summed E-state index contributed by atoms with van der Waals surface area (Å²) in [6, 6.07) is 0. The van der Waals surface area contributed by atoms with Crippen LogP contribution in [0.2, 0.25) is 0 Å². The van der Waals surface area contributed by atoms with Crippen molar-refractivity contribution in [2.45, 2.75) is 13.0 Å². The minimum absolute atomic E-state index is 0.0165. The van der Waals surface area contributed by atoms with Crippen molar-refractivity contribution in [2.24, 2.45) is 0 Å². The van der Waals surface area contributed by atoms with Gasteiger partial charge in [-0.1, -0.05) is 5.21 Å². The van der Waals surface area contributed by atoms with Gasteiger partial charge in [0.2, 0.25) is 5.91 Å². The normalized spacial score (nSPS) is 15.7. The first kappa shape index (κ1) is 12.5. The molecule has 98 valence electrons. The molecule has 1 saturated heterocycles. The van der Waals surface area contributed by atoms with E-state index in [9.17, 15) is 9.59 Å². The minimum Gasteiger partial charge on any atom is -0.481 e. The van der Waals surface area contributed by atoms with E-state index in [0.29, 0.717) is 32.0 Å². The van der Waals surface area contributed by atoms with Crippen molar-refractivity contribution >= 4 is 11.9 Å². The molecular formula is C10H14N4O4. The van der Waals surface area contributed by atoms with Crippen molar-refractivity contribution in [2.75, 3.05) is 26.3 Å². The number of carbonyl (C=O) groups is 2. The van der Waals surface area contributed by atoms with Crippen LogP contribution in [0.5, 0.6) is 0 Å². The lowest BCUT2D eigenvalue weighted by Gasteiger charge is -2.26. The predicted molar refractivity (Wildman–Crippen MR) is 58.8 cm³/mol. The van der Waals surface area contributed by atoms with Gasteiger partial charge in [-0.25, -0.2) is 4.68 Å². The van der Waals surface area contributed by atoms with Crippen molar-refractivity contribution < 1.29 is 19.4 Å². The number of hydrogen-bond donors (Lipinski definition) is 1. The molecule has 0 spiro atoms. The lowest BCUT2D eigenvalue weighted by Crippen LogP contribution is -2.42. The fourth-order valence-corrected chi connectivity index (χ4v) is 1.74. The number of carbonyl (C=O) groups excluding carboxylic acids is 1. The number of ether oxygens (including phenoxy) is 1. The molecule has 2 heterocycles. The van der Waals surface area contributed by atoms with E-state index in [1.54, 1.807) is 4.90 Å². The molecule has 0 saturated carbocycles. The van der Waals surface area contributed by atoms with Gasteiger partial charge in [0.05, 0.1) is 31.5 Å². The maximum atomic E-state index is 11.9. The van der Waals surface area contributed by atoms with Crippen LogP contribution in [0.25, 0.3) is 0 Å². The zero-order valence-corrected chi connectivity index (χ0v) is 9.78. The summed E-state index contributed by atoms with van der Waals surface area (Å²) in [4.78, 5) is 24.2. The van der Waals surface area contributed by atoms with Crippen molar-refractivity contribution in [3.05, 3.63) is 11.9 Å². The zero-order valence-electron chi connectivity index (χ0n) is 9.78. The summed E-state index contributed by atoms with van der Waals surface area (Å²) in [5, 5.41) is 16.1. The van der Waals surface area contributed by atoms with Gasteiger partial charge in [0, 0.05) is 13.1 Å². The monoisotopic (exact) mass is 254 g/mol. The molecule has 1 aromatic rings. The maximum absolute atomic E-state index is 11.9. The minimum atomic E-state index is -0.975. The van der Waals surface area contributed by atoms with Crippen LogP contribution in [0.1, 0.15) is 5.69 Å². The van der Waals surface area contributed by atoms with Crippen LogP contribution < -0.4 is 0 Å². The van der Waals surface area contributed by atoms with Gasteiger partial charge in [-0.3, -0.25) is 9.59 Å². The summed E-state index contributed by atoms with van der Waals surface area (Å²) in [5.41, 5.74) is 0.420. The van der Waals surface area contributed by atoms with Gasteiger partial charge in [-0.15, -0.1) is 5.10 Å². The number of carboxylic acid groups (broad SMARTS) is 1. The number of aromatic nitrogens is 3. The van der Waals surface area contributed by atoms with E-state index in [0.717, 1.165) is 0 Å². The molecule has 18 heavy (non-hydrogen) atoms. The Hall–Kier alpha value is -1.96. The Morgan fingerprint density at radius 2 is 2.11 bits per heavy atom. The lowest BCUT2D eigenvalue weighted by atomic mass is 10.3. The molecule has 2 rings (SSSR count). The topological polar surface area (TPSA) is 97.5 Å². The molecule has 1 aliphatic heterocycles. The van der Waals surface area contributed by atoms with Gasteiger partial charge >= 0.3 is 5.97 Å². The molecule has 0 aliphatic carbocycles. The highest BCUT2D eigenvalue weighted by atomic mass is 16.5. The van der Waals surface area contributed by atoms with Crippen LogP contribution >= 0.6 is 0 Å². The first-order valence-electron chi connectivity index (χ1n) is 5.61. The van der Waals surface area contributed by atoms with Crippen LogP contribution in [0.3, 0.4) is 0 Å². The molecule has 1 fully saturated rings. The van der Waals surface area contributed by atoms with Gasteiger partial charge in [0.25, 0.3) is 0 Å². The van der Waals surface area contributed by atoms with Gasteiger partial charge in [-0.2, -0.15) is 0 Å². The SMILES string of the molecule is O=C(O)Cc1cnnn1CC(=O)N1CCOCC1. The van der Waals surface area contributed by atoms with Crippen LogP contribution in [0.4, 0.5) is 0 Å². The van der Waals surface area contributed by atoms with E-state index in [-0.39, 0.29) is 18.9 Å². The number of nitrogens with zero attached hydrogens (tertiary/aromatic N) is 4. The largest absolute Gasteiger partial charge is 0.481 e. The fourth-order valence-electron chi connectivity index (χ4n) is 1.74. The number of morpholine rings is 1. The number of aliphatic carboxylic acids is 1. The van der Waals surface area contributed by atoms with E-state index in [2.05, 4.69) is 10.3 Å². The van der Waals surface area contributed by atoms with Crippen LogP contribution in [0.15, 0.2) is 6.20 Å². The highest BCUT2D eigenvalue weighted by Gasteiger charge is 2.19. The Morgan fingerprint density at radius 3 is 2.78 bits per heavy atom. The summed E-state index contributed by atoms with van der Waals surface area (Å²) < 4.78 is 6.48. The first-order chi connectivity index (χ1) is 8.66. The van der Waals surface area contributed by atoms with E-state index in [4.69, 9.17) is 9.84 Å². The molecule has 8 heteroatoms. The van der Waals surface area contributed by atoms with Crippen molar-refractivity contribution in [1.29, 1.82) is 0 Å². The second kappa shape index (κ2) is 5.58. The van der Waals surface area contributed by atoms with Crippen molar-refractivity contribution in [3.8, 4) is 0 Å². The molecule has 0 unspecified atom stereocenters. The van der Waals surface area contributed by atoms with Crippen LogP contribution in [-0.2, 0) is 27.3 Å². The highest BCUT2D eigenvalue weighted by Crippen LogP contribution is 2.02. The number of hydrogen-bond acceptors (Lipinski definition) is 5. The Balaban J connectivity index is 1.97. The Kier molecular flexibility index (Phi) is 3.88. The quantitative estimate of drug-likeness (QED) is 0.722. The Bertz CT molecular complexity index is 439. The summed E-state index contributed by atoms with van der Waals surface area (Å²) >= 11 is 0. The summed E-state index contributed by atoms with van der Waals surface area (Å²) in [6.07, 6.45) is 1.17. The third-order valence-electron chi connectivity index (χ3n) is 2.68. The second-order valence-electron chi connectivity index (χ2n) is 3.95. The summed E-state index contributed by atoms with van der Waals surface area (Å²) in [7, 11) is 0. The Morgan fingerprint density at radius 1 is 1.39 bits per heavy atom. The average Bonchev–Trinajstić information content (AvgIpc) is 2.77. The molecule has 0 atom stereocenters. The summed E-state index contributed by atoms with van der Waals surface area (Å²) in [6.45, 7) is 2.20. The lowest BCUT2D eigenvalue weighted by molar-refractivity contribution is -0.138. The fraction of sp³-hybridized carbons (Fsp3) is 0.600. The first-order valence-corrected chi connectivity index (χ1v) is 5.61. The van der Waals surface area contributed by atoms with Crippen molar-refractivity contribution in [3.63, 3.8) is 0 Å². The molecule has 0 aromatic carbocycles. The molecule has 1 aliphatic rings. The predicted octanol–water partition coefficient (Wildman–Crippen LogP) is -1.24. The van der Waals surface area contributed by atoms with Gasteiger partial charge in [-0.05, 0) is 0 Å². The van der Waals surface area contributed by atoms with E-state index in [1.807, 2.05) is 0 Å². The highest BCUT2D eigenvalue weighted by molar-refractivity contribution is 5.76. The molecule has 0 radical (unpaired) electrons. The van der Waals surface area contributed by atoms with E-state index in [1.165, 1.54) is 10.9 Å². The van der Waals surface area contributed by atoms with E-state index >= 15 is 0 Å². The number of carboxylic acids is 1. The molecule has 1 amide bonds. The standard InChI is InChI=1S/C10H14N4O4/c15-9(13-1-3-18-4-2-13)7-14-8(5-10(16)17)6-11-12-14/h6H,1-5,7H2,(H,16,17). The maximum Gasteiger partial charge on any atom is 0.309 e. The smallest absolute Gasteiger partial charge is 0.309 e. The summed E-state index contributed by atoms with van der Waals surface area (Å²) in [5.74, 6) is -1.08. The van der Waals surface area contributed by atoms with E-state index < -0.39 is 5.97 Å². The molecule has 0 bridgehead atoms. The van der Waals surface area contributed by atoms with Gasteiger partial charge in [0.1, 0.15) is 6.54 Å². The third-order valence-corrected chi connectivity index (χ3v) is 2.68. The molecule has 8 nitrogen and oxygen atoms in total. The average molecular weight is 254 g/mol. The van der Waals surface area contributed by atoms with Crippen LogP contribution in [-0.4, -0.2) is 63.2 Å². The number of amides is 1. The molecule has 1 aromatic heterocycles. The third kappa shape index (κ3) is 3.04. The zero-order chi connectivity index (χ0) is 13.0. The molecule has 1 N–H and O–H groups in total. The van der Waals surface area contributed by atoms with Gasteiger partial charge < -0.3 is 14.7 Å². The second-order valence-corrected chi connectivity index (χ2v) is 3.95. The van der Waals surface area contributed by atoms with Gasteiger partial charge in [0.15, 0.2) is 0 Å².